The van der Waals surface area contributed by atoms with Crippen LogP contribution in [0, 0.1) is 19.7 Å². The monoisotopic (exact) mass is 371 g/mol. The number of rotatable bonds is 5. The van der Waals surface area contributed by atoms with Gasteiger partial charge in [-0.15, -0.1) is 0 Å². The molecule has 0 saturated heterocycles. The molecule has 0 bridgehead atoms. The minimum Gasteiger partial charge on any atom is -0.354 e. The fraction of sp³-hybridized carbons (Fsp3) is 0.105. The Bertz CT molecular complexity index is 1030. The summed E-state index contributed by atoms with van der Waals surface area (Å²) in [5, 5.41) is 3.23. The van der Waals surface area contributed by atoms with Gasteiger partial charge in [-0.25, -0.2) is 17.8 Å². The minimum atomic E-state index is -3.83. The van der Waals surface area contributed by atoms with E-state index in [2.05, 4.69) is 15.0 Å². The highest BCUT2D eigenvalue weighted by molar-refractivity contribution is 7.92. The van der Waals surface area contributed by atoms with Gasteiger partial charge >= 0.3 is 0 Å². The zero-order chi connectivity index (χ0) is 18.7. The van der Waals surface area contributed by atoms with Crippen molar-refractivity contribution in [3.63, 3.8) is 0 Å². The zero-order valence-corrected chi connectivity index (χ0v) is 15.1. The van der Waals surface area contributed by atoms with Gasteiger partial charge in [-0.05, 0) is 61.4 Å². The number of anilines is 3. The second-order valence-electron chi connectivity index (χ2n) is 5.89. The van der Waals surface area contributed by atoms with Gasteiger partial charge in [0.2, 0.25) is 0 Å². The molecular weight excluding hydrogens is 353 g/mol. The van der Waals surface area contributed by atoms with Crippen molar-refractivity contribution in [1.29, 1.82) is 0 Å². The molecule has 134 valence electrons. The topological polar surface area (TPSA) is 71.1 Å². The van der Waals surface area contributed by atoms with Crippen molar-refractivity contribution in [2.75, 3.05) is 10.0 Å². The van der Waals surface area contributed by atoms with Crippen LogP contribution in [0.15, 0.2) is 65.7 Å². The molecule has 0 unspecified atom stereocenters. The molecule has 0 atom stereocenters. The number of sulfonamides is 1. The Hall–Kier alpha value is -2.93. The SMILES string of the molecule is Cc1cc(S(=O)(=O)Nc2ccc(Nc3ccccc3C)cn2)ccc1F. The van der Waals surface area contributed by atoms with E-state index >= 15 is 0 Å². The number of benzene rings is 2. The maximum Gasteiger partial charge on any atom is 0.263 e. The largest absolute Gasteiger partial charge is 0.354 e. The summed E-state index contributed by atoms with van der Waals surface area (Å²) >= 11 is 0. The van der Waals surface area contributed by atoms with Crippen molar-refractivity contribution in [1.82, 2.24) is 4.98 Å². The number of para-hydroxylation sites is 1. The zero-order valence-electron chi connectivity index (χ0n) is 14.3. The molecule has 1 heterocycles. The summed E-state index contributed by atoms with van der Waals surface area (Å²) < 4.78 is 40.5. The normalized spacial score (nSPS) is 11.2. The number of pyridine rings is 1. The van der Waals surface area contributed by atoms with Crippen LogP contribution in [0.1, 0.15) is 11.1 Å². The first-order chi connectivity index (χ1) is 12.3. The first-order valence-corrected chi connectivity index (χ1v) is 9.41. The van der Waals surface area contributed by atoms with E-state index in [-0.39, 0.29) is 16.3 Å². The van der Waals surface area contributed by atoms with E-state index in [0.717, 1.165) is 23.0 Å². The van der Waals surface area contributed by atoms with E-state index in [4.69, 9.17) is 0 Å². The first-order valence-electron chi connectivity index (χ1n) is 7.93. The Morgan fingerprint density at radius 2 is 1.73 bits per heavy atom. The number of hydrogen-bond acceptors (Lipinski definition) is 4. The van der Waals surface area contributed by atoms with E-state index in [1.165, 1.54) is 19.1 Å². The van der Waals surface area contributed by atoms with Gasteiger partial charge in [0.15, 0.2) is 0 Å². The smallest absolute Gasteiger partial charge is 0.263 e. The molecule has 7 heteroatoms. The van der Waals surface area contributed by atoms with E-state index in [1.54, 1.807) is 18.3 Å². The molecule has 0 saturated carbocycles. The molecule has 5 nitrogen and oxygen atoms in total. The van der Waals surface area contributed by atoms with Gasteiger partial charge in [0.05, 0.1) is 16.8 Å². The number of nitrogens with zero attached hydrogens (tertiary/aromatic N) is 1. The summed E-state index contributed by atoms with van der Waals surface area (Å²) in [7, 11) is -3.83. The number of nitrogens with one attached hydrogen (secondary N) is 2. The molecule has 3 aromatic rings. The molecule has 26 heavy (non-hydrogen) atoms. The number of hydrogen-bond donors (Lipinski definition) is 2. The quantitative estimate of drug-likeness (QED) is 0.698. The Labute approximate surface area is 152 Å². The van der Waals surface area contributed by atoms with E-state index in [1.807, 2.05) is 31.2 Å². The lowest BCUT2D eigenvalue weighted by Crippen LogP contribution is -2.14. The molecule has 2 N–H and O–H groups in total. The van der Waals surface area contributed by atoms with Crippen LogP contribution in [-0.2, 0) is 10.0 Å². The van der Waals surface area contributed by atoms with Crippen LogP contribution in [0.3, 0.4) is 0 Å². The van der Waals surface area contributed by atoms with Gasteiger partial charge in [0.25, 0.3) is 10.0 Å². The van der Waals surface area contributed by atoms with E-state index in [0.29, 0.717) is 0 Å². The predicted molar refractivity (Wildman–Crippen MR) is 101 cm³/mol. The molecule has 0 spiro atoms. The Balaban J connectivity index is 1.76. The molecule has 0 radical (unpaired) electrons. The average Bonchev–Trinajstić information content (AvgIpc) is 2.60. The third-order valence-electron chi connectivity index (χ3n) is 3.87. The summed E-state index contributed by atoms with van der Waals surface area (Å²) in [5.41, 5.74) is 3.03. The van der Waals surface area contributed by atoms with Crippen molar-refractivity contribution in [2.24, 2.45) is 0 Å². The van der Waals surface area contributed by atoms with Gasteiger partial charge in [-0.1, -0.05) is 18.2 Å². The summed E-state index contributed by atoms with van der Waals surface area (Å²) in [5.74, 6) is -0.268. The van der Waals surface area contributed by atoms with Crippen LogP contribution in [0.25, 0.3) is 0 Å². The number of halogens is 1. The third kappa shape index (κ3) is 4.00. The van der Waals surface area contributed by atoms with Crippen LogP contribution >= 0.6 is 0 Å². The van der Waals surface area contributed by atoms with Crippen LogP contribution < -0.4 is 10.0 Å². The minimum absolute atomic E-state index is 0.0136. The summed E-state index contributed by atoms with van der Waals surface area (Å²) in [6.45, 7) is 3.50. The number of aryl methyl sites for hydroxylation is 2. The standard InChI is InChI=1S/C19H18FN3O2S/c1-13-5-3-4-6-18(13)22-15-7-10-19(21-12-15)23-26(24,25)16-8-9-17(20)14(2)11-16/h3-12,22H,1-2H3,(H,21,23). The van der Waals surface area contributed by atoms with Crippen LogP contribution in [-0.4, -0.2) is 13.4 Å². The predicted octanol–water partition coefficient (Wildman–Crippen LogP) is 4.38. The number of aromatic nitrogens is 1. The molecule has 0 aliphatic heterocycles. The van der Waals surface area contributed by atoms with Crippen LogP contribution in [0.2, 0.25) is 0 Å². The van der Waals surface area contributed by atoms with Gasteiger partial charge in [-0.2, -0.15) is 0 Å². The third-order valence-corrected chi connectivity index (χ3v) is 5.22. The molecule has 0 aliphatic carbocycles. The Kier molecular flexibility index (Phi) is 4.90. The van der Waals surface area contributed by atoms with E-state index in [9.17, 15) is 12.8 Å². The molecular formula is C19H18FN3O2S. The summed E-state index contributed by atoms with van der Waals surface area (Å²) in [4.78, 5) is 4.11. The molecule has 0 fully saturated rings. The van der Waals surface area contributed by atoms with Crippen molar-refractivity contribution in [2.45, 2.75) is 18.7 Å². The molecule has 0 aliphatic rings. The fourth-order valence-electron chi connectivity index (χ4n) is 2.38. The highest BCUT2D eigenvalue weighted by atomic mass is 32.2. The summed E-state index contributed by atoms with van der Waals surface area (Å²) in [6.07, 6.45) is 1.54. The van der Waals surface area contributed by atoms with Crippen LogP contribution in [0.4, 0.5) is 21.6 Å². The van der Waals surface area contributed by atoms with Crippen molar-refractivity contribution in [3.05, 3.63) is 77.7 Å². The Morgan fingerprint density at radius 3 is 2.38 bits per heavy atom. The van der Waals surface area contributed by atoms with Gasteiger partial charge < -0.3 is 5.32 Å². The second kappa shape index (κ2) is 7.13. The molecule has 1 aromatic heterocycles. The van der Waals surface area contributed by atoms with Gasteiger partial charge in [0, 0.05) is 5.69 Å². The second-order valence-corrected chi connectivity index (χ2v) is 7.57. The lowest BCUT2D eigenvalue weighted by molar-refractivity contribution is 0.598. The Morgan fingerprint density at radius 1 is 0.962 bits per heavy atom. The van der Waals surface area contributed by atoms with Gasteiger partial charge in [-0.3, -0.25) is 4.72 Å². The molecule has 3 rings (SSSR count). The lowest BCUT2D eigenvalue weighted by atomic mass is 10.2. The van der Waals surface area contributed by atoms with Crippen LogP contribution in [0.5, 0.6) is 0 Å². The maximum atomic E-state index is 13.3. The highest BCUT2D eigenvalue weighted by Gasteiger charge is 2.16. The fourth-order valence-corrected chi connectivity index (χ4v) is 3.47. The van der Waals surface area contributed by atoms with Crippen molar-refractivity contribution < 1.29 is 12.8 Å². The highest BCUT2D eigenvalue weighted by Crippen LogP contribution is 2.22. The van der Waals surface area contributed by atoms with Gasteiger partial charge in [0.1, 0.15) is 11.6 Å². The summed E-state index contributed by atoms with van der Waals surface area (Å²) in [6, 6.07) is 14.7. The average molecular weight is 371 g/mol. The van der Waals surface area contributed by atoms with E-state index < -0.39 is 15.8 Å². The van der Waals surface area contributed by atoms with Crippen molar-refractivity contribution >= 4 is 27.2 Å². The maximum absolute atomic E-state index is 13.3. The molecule has 0 amide bonds. The lowest BCUT2D eigenvalue weighted by Gasteiger charge is -2.11. The van der Waals surface area contributed by atoms with Crippen molar-refractivity contribution in [3.8, 4) is 0 Å². The molecule has 2 aromatic carbocycles. The first kappa shape index (κ1) is 17.9.